The minimum Gasteiger partial charge on any atom is -0.356 e. The number of fused-ring (bicyclic) bond motifs is 1. The van der Waals surface area contributed by atoms with Crippen LogP contribution >= 0.6 is 0 Å². The van der Waals surface area contributed by atoms with E-state index < -0.39 is 0 Å². The SMILES string of the molecule is CC(C)CCCc1noc2ccccc12. The van der Waals surface area contributed by atoms with E-state index in [1.165, 1.54) is 18.2 Å². The average molecular weight is 203 g/mol. The molecular weight excluding hydrogens is 186 g/mol. The first-order valence-electron chi connectivity index (χ1n) is 5.60. The summed E-state index contributed by atoms with van der Waals surface area (Å²) >= 11 is 0. The second-order valence-corrected chi connectivity index (χ2v) is 4.41. The van der Waals surface area contributed by atoms with Crippen molar-refractivity contribution in [2.45, 2.75) is 33.1 Å². The quantitative estimate of drug-likeness (QED) is 0.755. The lowest BCUT2D eigenvalue weighted by atomic mass is 10.0. The zero-order valence-corrected chi connectivity index (χ0v) is 9.36. The fourth-order valence-electron chi connectivity index (χ4n) is 1.80. The molecule has 2 heteroatoms. The molecule has 0 spiro atoms. The van der Waals surface area contributed by atoms with Gasteiger partial charge < -0.3 is 4.52 Å². The van der Waals surface area contributed by atoms with Gasteiger partial charge in [0.15, 0.2) is 5.58 Å². The van der Waals surface area contributed by atoms with Crippen molar-refractivity contribution < 1.29 is 4.52 Å². The van der Waals surface area contributed by atoms with E-state index >= 15 is 0 Å². The zero-order valence-electron chi connectivity index (χ0n) is 9.36. The van der Waals surface area contributed by atoms with E-state index in [9.17, 15) is 0 Å². The highest BCUT2D eigenvalue weighted by Gasteiger charge is 2.06. The van der Waals surface area contributed by atoms with Gasteiger partial charge in [-0.05, 0) is 30.9 Å². The van der Waals surface area contributed by atoms with Crippen molar-refractivity contribution in [3.05, 3.63) is 30.0 Å². The molecular formula is C13H17NO. The largest absolute Gasteiger partial charge is 0.356 e. The van der Waals surface area contributed by atoms with Crippen LogP contribution in [0.1, 0.15) is 32.4 Å². The van der Waals surface area contributed by atoms with E-state index in [4.69, 9.17) is 4.52 Å². The van der Waals surface area contributed by atoms with Crippen molar-refractivity contribution in [2.75, 3.05) is 0 Å². The molecule has 1 aromatic carbocycles. The van der Waals surface area contributed by atoms with E-state index in [0.29, 0.717) is 0 Å². The van der Waals surface area contributed by atoms with Crippen molar-refractivity contribution in [2.24, 2.45) is 5.92 Å². The van der Waals surface area contributed by atoms with Gasteiger partial charge in [-0.1, -0.05) is 37.6 Å². The number of rotatable bonds is 4. The molecule has 1 heterocycles. The number of aromatic nitrogens is 1. The van der Waals surface area contributed by atoms with Gasteiger partial charge in [0.25, 0.3) is 0 Å². The van der Waals surface area contributed by atoms with Crippen LogP contribution in [0, 0.1) is 5.92 Å². The summed E-state index contributed by atoms with van der Waals surface area (Å²) in [5.74, 6) is 0.767. The van der Waals surface area contributed by atoms with Gasteiger partial charge in [-0.15, -0.1) is 0 Å². The van der Waals surface area contributed by atoms with Crippen molar-refractivity contribution in [3.8, 4) is 0 Å². The van der Waals surface area contributed by atoms with E-state index in [1.807, 2.05) is 18.2 Å². The minimum atomic E-state index is 0.767. The first-order chi connectivity index (χ1) is 7.27. The maximum atomic E-state index is 5.26. The second-order valence-electron chi connectivity index (χ2n) is 4.41. The summed E-state index contributed by atoms with van der Waals surface area (Å²) in [5, 5.41) is 5.28. The van der Waals surface area contributed by atoms with Crippen LogP contribution in [0.15, 0.2) is 28.8 Å². The molecule has 2 rings (SSSR count). The molecule has 2 nitrogen and oxygen atoms in total. The third-order valence-corrected chi connectivity index (χ3v) is 2.65. The van der Waals surface area contributed by atoms with Crippen LogP contribution in [0.4, 0.5) is 0 Å². The molecule has 2 aromatic rings. The Kier molecular flexibility index (Phi) is 3.05. The van der Waals surface area contributed by atoms with Crippen molar-refractivity contribution in [1.82, 2.24) is 5.16 Å². The molecule has 0 saturated heterocycles. The van der Waals surface area contributed by atoms with Gasteiger partial charge in [-0.25, -0.2) is 0 Å². The summed E-state index contributed by atoms with van der Waals surface area (Å²) in [6.07, 6.45) is 3.46. The Hall–Kier alpha value is -1.31. The smallest absolute Gasteiger partial charge is 0.167 e. The Bertz CT molecular complexity index is 431. The van der Waals surface area contributed by atoms with Gasteiger partial charge in [-0.2, -0.15) is 0 Å². The van der Waals surface area contributed by atoms with Crippen LogP contribution in [0.3, 0.4) is 0 Å². The third-order valence-electron chi connectivity index (χ3n) is 2.65. The molecule has 0 fully saturated rings. The van der Waals surface area contributed by atoms with E-state index in [1.54, 1.807) is 0 Å². The number of nitrogens with zero attached hydrogens (tertiary/aromatic N) is 1. The Balaban J connectivity index is 2.08. The normalized spacial score (nSPS) is 11.4. The first kappa shape index (κ1) is 10.2. The highest BCUT2D eigenvalue weighted by molar-refractivity contribution is 5.79. The number of aryl methyl sites for hydroxylation is 1. The Morgan fingerprint density at radius 3 is 2.87 bits per heavy atom. The molecule has 80 valence electrons. The van der Waals surface area contributed by atoms with Crippen LogP contribution in [0.25, 0.3) is 11.0 Å². The zero-order chi connectivity index (χ0) is 10.7. The molecule has 0 aliphatic heterocycles. The van der Waals surface area contributed by atoms with Crippen LogP contribution in [0.2, 0.25) is 0 Å². The monoisotopic (exact) mass is 203 g/mol. The Morgan fingerprint density at radius 1 is 1.27 bits per heavy atom. The van der Waals surface area contributed by atoms with Crippen LogP contribution < -0.4 is 0 Å². The lowest BCUT2D eigenvalue weighted by Crippen LogP contribution is -1.91. The van der Waals surface area contributed by atoms with Gasteiger partial charge >= 0.3 is 0 Å². The summed E-state index contributed by atoms with van der Waals surface area (Å²) in [7, 11) is 0. The van der Waals surface area contributed by atoms with E-state index in [2.05, 4.69) is 25.1 Å². The molecule has 0 aliphatic rings. The molecule has 0 saturated carbocycles. The van der Waals surface area contributed by atoms with Gasteiger partial charge in [0.2, 0.25) is 0 Å². The van der Waals surface area contributed by atoms with Crippen LogP contribution in [0.5, 0.6) is 0 Å². The van der Waals surface area contributed by atoms with E-state index in [-0.39, 0.29) is 0 Å². The predicted molar refractivity (Wildman–Crippen MR) is 61.8 cm³/mol. The van der Waals surface area contributed by atoms with Crippen LogP contribution in [-0.4, -0.2) is 5.16 Å². The summed E-state index contributed by atoms with van der Waals surface area (Å²) in [6.45, 7) is 4.50. The predicted octanol–water partition coefficient (Wildman–Crippen LogP) is 3.81. The van der Waals surface area contributed by atoms with Crippen molar-refractivity contribution >= 4 is 11.0 Å². The maximum absolute atomic E-state index is 5.26. The molecule has 0 bridgehead atoms. The van der Waals surface area contributed by atoms with Crippen LogP contribution in [-0.2, 0) is 6.42 Å². The second kappa shape index (κ2) is 4.47. The summed E-state index contributed by atoms with van der Waals surface area (Å²) in [6, 6.07) is 8.06. The van der Waals surface area contributed by atoms with Crippen molar-refractivity contribution in [3.63, 3.8) is 0 Å². The van der Waals surface area contributed by atoms with Crippen molar-refractivity contribution in [1.29, 1.82) is 0 Å². The Labute approximate surface area is 90.3 Å². The molecule has 15 heavy (non-hydrogen) atoms. The first-order valence-corrected chi connectivity index (χ1v) is 5.60. The highest BCUT2D eigenvalue weighted by Crippen LogP contribution is 2.19. The van der Waals surface area contributed by atoms with E-state index in [0.717, 1.165) is 23.6 Å². The molecule has 0 atom stereocenters. The molecule has 0 aliphatic carbocycles. The highest BCUT2D eigenvalue weighted by atomic mass is 16.5. The number of benzene rings is 1. The fourth-order valence-corrected chi connectivity index (χ4v) is 1.80. The lowest BCUT2D eigenvalue weighted by molar-refractivity contribution is 0.441. The maximum Gasteiger partial charge on any atom is 0.167 e. The molecule has 0 radical (unpaired) electrons. The van der Waals surface area contributed by atoms with Gasteiger partial charge in [0.1, 0.15) is 0 Å². The molecule has 1 aromatic heterocycles. The molecule has 0 N–H and O–H groups in total. The number of hydrogen-bond acceptors (Lipinski definition) is 2. The Morgan fingerprint density at radius 2 is 2.07 bits per heavy atom. The summed E-state index contributed by atoms with van der Waals surface area (Å²) < 4.78 is 5.26. The van der Waals surface area contributed by atoms with Gasteiger partial charge in [0.05, 0.1) is 5.69 Å². The average Bonchev–Trinajstić information content (AvgIpc) is 2.62. The molecule has 0 unspecified atom stereocenters. The van der Waals surface area contributed by atoms with Gasteiger partial charge in [0, 0.05) is 5.39 Å². The lowest BCUT2D eigenvalue weighted by Gasteiger charge is -2.01. The standard InChI is InChI=1S/C13H17NO/c1-10(2)6-5-8-12-11-7-3-4-9-13(11)15-14-12/h3-4,7,9-10H,5-6,8H2,1-2H3. The number of hydrogen-bond donors (Lipinski definition) is 0. The summed E-state index contributed by atoms with van der Waals surface area (Å²) in [4.78, 5) is 0. The topological polar surface area (TPSA) is 26.0 Å². The minimum absolute atomic E-state index is 0.767. The molecule has 0 amide bonds. The fraction of sp³-hybridized carbons (Fsp3) is 0.462. The van der Waals surface area contributed by atoms with Gasteiger partial charge in [-0.3, -0.25) is 0 Å². The number of para-hydroxylation sites is 1. The third kappa shape index (κ3) is 2.38. The summed E-state index contributed by atoms with van der Waals surface area (Å²) in [5.41, 5.74) is 2.00.